The Kier molecular flexibility index (Phi) is 5.84. The third-order valence-electron chi connectivity index (χ3n) is 4.58. The van der Waals surface area contributed by atoms with Crippen molar-refractivity contribution in [2.75, 3.05) is 5.32 Å². The summed E-state index contributed by atoms with van der Waals surface area (Å²) in [6.45, 7) is 1.53. The Labute approximate surface area is 179 Å². The van der Waals surface area contributed by atoms with Gasteiger partial charge in [-0.05, 0) is 43.3 Å². The van der Waals surface area contributed by atoms with Gasteiger partial charge in [0.25, 0.3) is 5.91 Å². The van der Waals surface area contributed by atoms with Crippen molar-refractivity contribution in [3.05, 3.63) is 97.0 Å². The van der Waals surface area contributed by atoms with Crippen molar-refractivity contribution >= 4 is 17.6 Å². The number of pyridine rings is 1. The van der Waals surface area contributed by atoms with Gasteiger partial charge in [-0.15, -0.1) is 0 Å². The molecular formula is C24H20N4O3. The highest BCUT2D eigenvalue weighted by molar-refractivity contribution is 5.99. The Hall–Kier alpha value is -4.26. The van der Waals surface area contributed by atoms with Crippen LogP contribution in [0.5, 0.6) is 0 Å². The van der Waals surface area contributed by atoms with Crippen LogP contribution in [0.15, 0.2) is 91.4 Å². The highest BCUT2D eigenvalue weighted by Gasteiger charge is 2.24. The molecule has 1 atom stereocenters. The first-order chi connectivity index (χ1) is 15.1. The molecule has 0 aliphatic carbocycles. The number of aromatic nitrogens is 3. The van der Waals surface area contributed by atoms with Crippen LogP contribution in [0, 0.1) is 0 Å². The van der Waals surface area contributed by atoms with E-state index < -0.39 is 18.0 Å². The Morgan fingerprint density at radius 3 is 2.35 bits per heavy atom. The maximum Gasteiger partial charge on any atom is 0.342 e. The van der Waals surface area contributed by atoms with Gasteiger partial charge in [0.05, 0.1) is 5.69 Å². The molecule has 0 spiro atoms. The number of anilines is 1. The molecule has 0 unspecified atom stereocenters. The van der Waals surface area contributed by atoms with E-state index in [1.807, 2.05) is 54.6 Å². The van der Waals surface area contributed by atoms with Gasteiger partial charge in [0.15, 0.2) is 6.10 Å². The number of hydrogen-bond acceptors (Lipinski definition) is 5. The maximum atomic E-state index is 13.0. The lowest BCUT2D eigenvalue weighted by molar-refractivity contribution is -0.123. The molecule has 0 saturated heterocycles. The summed E-state index contributed by atoms with van der Waals surface area (Å²) in [4.78, 5) is 29.5. The lowest BCUT2D eigenvalue weighted by Crippen LogP contribution is -2.30. The molecule has 2 heterocycles. The molecule has 0 saturated carbocycles. The molecule has 154 valence electrons. The van der Waals surface area contributed by atoms with Crippen molar-refractivity contribution in [1.29, 1.82) is 0 Å². The van der Waals surface area contributed by atoms with Gasteiger partial charge in [-0.25, -0.2) is 9.48 Å². The second-order valence-electron chi connectivity index (χ2n) is 6.82. The second kappa shape index (κ2) is 9.04. The second-order valence-corrected chi connectivity index (χ2v) is 6.82. The van der Waals surface area contributed by atoms with Gasteiger partial charge in [-0.3, -0.25) is 9.78 Å². The van der Waals surface area contributed by atoms with Gasteiger partial charge in [0.1, 0.15) is 11.3 Å². The maximum absolute atomic E-state index is 13.0. The number of carbonyl (C=O) groups is 2. The summed E-state index contributed by atoms with van der Waals surface area (Å²) in [5, 5.41) is 7.30. The summed E-state index contributed by atoms with van der Waals surface area (Å²) in [5.74, 6) is -1.06. The van der Waals surface area contributed by atoms with E-state index in [1.54, 1.807) is 41.5 Å². The van der Waals surface area contributed by atoms with Gasteiger partial charge in [0.2, 0.25) is 0 Å². The van der Waals surface area contributed by atoms with Gasteiger partial charge in [0, 0.05) is 29.8 Å². The monoisotopic (exact) mass is 412 g/mol. The Morgan fingerprint density at radius 2 is 1.68 bits per heavy atom. The van der Waals surface area contributed by atoms with Crippen LogP contribution >= 0.6 is 0 Å². The zero-order chi connectivity index (χ0) is 21.6. The van der Waals surface area contributed by atoms with Crippen LogP contribution < -0.4 is 5.32 Å². The molecule has 0 aliphatic heterocycles. The van der Waals surface area contributed by atoms with Crippen molar-refractivity contribution in [3.63, 3.8) is 0 Å². The van der Waals surface area contributed by atoms with Crippen molar-refractivity contribution in [2.45, 2.75) is 13.0 Å². The van der Waals surface area contributed by atoms with E-state index in [2.05, 4.69) is 15.4 Å². The highest BCUT2D eigenvalue weighted by Crippen LogP contribution is 2.24. The molecule has 0 aliphatic rings. The summed E-state index contributed by atoms with van der Waals surface area (Å²) in [7, 11) is 0. The number of hydrogen-bond donors (Lipinski definition) is 1. The number of para-hydroxylation sites is 2. The van der Waals surface area contributed by atoms with E-state index in [1.165, 1.54) is 6.92 Å². The van der Waals surface area contributed by atoms with Crippen molar-refractivity contribution in [2.24, 2.45) is 0 Å². The van der Waals surface area contributed by atoms with Crippen LogP contribution in [0.1, 0.15) is 17.3 Å². The van der Waals surface area contributed by atoms with E-state index >= 15 is 0 Å². The lowest BCUT2D eigenvalue weighted by atomic mass is 10.1. The molecule has 2 aromatic heterocycles. The average molecular weight is 412 g/mol. The van der Waals surface area contributed by atoms with Crippen LogP contribution in [-0.2, 0) is 9.53 Å². The summed E-state index contributed by atoms with van der Waals surface area (Å²) in [6.07, 6.45) is 3.88. The van der Waals surface area contributed by atoms with Crippen LogP contribution in [0.3, 0.4) is 0 Å². The summed E-state index contributed by atoms with van der Waals surface area (Å²) < 4.78 is 7.06. The zero-order valence-electron chi connectivity index (χ0n) is 16.8. The third kappa shape index (κ3) is 4.67. The van der Waals surface area contributed by atoms with Gasteiger partial charge in [-0.1, -0.05) is 36.4 Å². The molecule has 0 bridgehead atoms. The van der Waals surface area contributed by atoms with Crippen LogP contribution in [-0.4, -0.2) is 32.7 Å². The fourth-order valence-corrected chi connectivity index (χ4v) is 3.00. The molecule has 1 amide bonds. The fraction of sp³-hybridized carbons (Fsp3) is 0.0833. The molecule has 1 N–H and O–H groups in total. The van der Waals surface area contributed by atoms with E-state index in [0.29, 0.717) is 16.9 Å². The highest BCUT2D eigenvalue weighted by atomic mass is 16.5. The SMILES string of the molecule is C[C@H](OC(=O)c1cn(-c2ccccc2)nc1-c1cccnc1)C(=O)Nc1ccccc1. The first-order valence-corrected chi connectivity index (χ1v) is 9.74. The predicted octanol–water partition coefficient (Wildman–Crippen LogP) is 4.12. The Bertz CT molecular complexity index is 1180. The van der Waals surface area contributed by atoms with Crippen LogP contribution in [0.2, 0.25) is 0 Å². The smallest absolute Gasteiger partial charge is 0.342 e. The minimum Gasteiger partial charge on any atom is -0.449 e. The van der Waals surface area contributed by atoms with E-state index in [9.17, 15) is 9.59 Å². The topological polar surface area (TPSA) is 86.1 Å². The van der Waals surface area contributed by atoms with Crippen molar-refractivity contribution in [3.8, 4) is 16.9 Å². The molecular weight excluding hydrogens is 392 g/mol. The molecule has 7 heteroatoms. The number of benzene rings is 2. The van der Waals surface area contributed by atoms with E-state index in [4.69, 9.17) is 4.74 Å². The summed E-state index contributed by atoms with van der Waals surface area (Å²) >= 11 is 0. The lowest BCUT2D eigenvalue weighted by Gasteiger charge is -2.13. The minimum absolute atomic E-state index is 0.246. The number of ether oxygens (including phenoxy) is 1. The predicted molar refractivity (Wildman–Crippen MR) is 117 cm³/mol. The summed E-state index contributed by atoms with van der Waals surface area (Å²) in [6, 6.07) is 22.0. The van der Waals surface area contributed by atoms with Crippen molar-refractivity contribution in [1.82, 2.24) is 14.8 Å². The standard InChI is InChI=1S/C24H20N4O3/c1-17(23(29)26-19-10-4-2-5-11-19)31-24(30)21-16-28(20-12-6-3-7-13-20)27-22(21)18-9-8-14-25-15-18/h2-17H,1H3,(H,26,29)/t17-/m0/s1. The number of rotatable bonds is 6. The Morgan fingerprint density at radius 1 is 0.968 bits per heavy atom. The third-order valence-corrected chi connectivity index (χ3v) is 4.58. The fourth-order valence-electron chi connectivity index (χ4n) is 3.00. The summed E-state index contributed by atoms with van der Waals surface area (Å²) in [5.41, 5.74) is 2.77. The van der Waals surface area contributed by atoms with Crippen molar-refractivity contribution < 1.29 is 14.3 Å². The van der Waals surface area contributed by atoms with Gasteiger partial charge >= 0.3 is 5.97 Å². The van der Waals surface area contributed by atoms with Crippen LogP contribution in [0.25, 0.3) is 16.9 Å². The molecule has 4 rings (SSSR count). The number of nitrogens with one attached hydrogen (secondary N) is 1. The van der Waals surface area contributed by atoms with E-state index in [0.717, 1.165) is 5.69 Å². The number of nitrogens with zero attached hydrogens (tertiary/aromatic N) is 3. The molecule has 4 aromatic rings. The quantitative estimate of drug-likeness (QED) is 0.482. The first-order valence-electron chi connectivity index (χ1n) is 9.74. The van der Waals surface area contributed by atoms with Gasteiger partial charge in [-0.2, -0.15) is 5.10 Å². The molecule has 31 heavy (non-hydrogen) atoms. The van der Waals surface area contributed by atoms with Gasteiger partial charge < -0.3 is 10.1 Å². The number of carbonyl (C=O) groups excluding carboxylic acids is 2. The van der Waals surface area contributed by atoms with E-state index in [-0.39, 0.29) is 5.56 Å². The first kappa shape index (κ1) is 20.0. The zero-order valence-corrected chi connectivity index (χ0v) is 16.8. The largest absolute Gasteiger partial charge is 0.449 e. The molecule has 7 nitrogen and oxygen atoms in total. The normalized spacial score (nSPS) is 11.5. The molecule has 0 radical (unpaired) electrons. The number of amides is 1. The van der Waals surface area contributed by atoms with Crippen LogP contribution in [0.4, 0.5) is 5.69 Å². The molecule has 0 fully saturated rings. The number of esters is 1. The Balaban J connectivity index is 1.59. The molecule has 2 aromatic carbocycles. The average Bonchev–Trinajstić information content (AvgIpc) is 3.27. The minimum atomic E-state index is -0.991.